The predicted molar refractivity (Wildman–Crippen MR) is 112 cm³/mol. The van der Waals surface area contributed by atoms with Crippen LogP contribution in [0.5, 0.6) is 0 Å². The second-order valence-corrected chi connectivity index (χ2v) is 7.20. The van der Waals surface area contributed by atoms with Crippen LogP contribution in [0.25, 0.3) is 22.2 Å². The summed E-state index contributed by atoms with van der Waals surface area (Å²) in [6.07, 6.45) is 3.70. The first-order valence-electron chi connectivity index (χ1n) is 9.37. The molecule has 0 radical (unpaired) electrons. The van der Waals surface area contributed by atoms with E-state index in [0.717, 1.165) is 29.6 Å². The average Bonchev–Trinajstić information content (AvgIpc) is 2.72. The lowest BCUT2D eigenvalue weighted by Gasteiger charge is -2.18. The Bertz CT molecular complexity index is 1210. The standard InChI is InChI=1S/C23H21FN4O/c1-15-21(24)23(29)27-22(26-15)17-8-6-16(7-9-17)13-28(2)14-19-5-3-4-18-12-25-11-10-20(18)19/h3-12H,13-14H2,1-2H3,(H,26,27,29). The fourth-order valence-electron chi connectivity index (χ4n) is 3.46. The SMILES string of the molecule is Cc1nc(-c2ccc(CN(C)Cc3cccc4cnccc34)cc2)[nH]c(=O)c1F. The normalized spacial score (nSPS) is 11.3. The molecular formula is C23H21FN4O. The minimum atomic E-state index is -0.837. The van der Waals surface area contributed by atoms with Crippen LogP contribution in [0.4, 0.5) is 4.39 Å². The van der Waals surface area contributed by atoms with Gasteiger partial charge in [0.15, 0.2) is 0 Å². The van der Waals surface area contributed by atoms with Crippen molar-refractivity contribution in [1.82, 2.24) is 19.9 Å². The lowest BCUT2D eigenvalue weighted by molar-refractivity contribution is 0.320. The number of halogens is 1. The van der Waals surface area contributed by atoms with Crippen molar-refractivity contribution in [1.29, 1.82) is 0 Å². The van der Waals surface area contributed by atoms with E-state index < -0.39 is 11.4 Å². The molecule has 0 bridgehead atoms. The first-order valence-corrected chi connectivity index (χ1v) is 9.37. The van der Waals surface area contributed by atoms with Crippen LogP contribution in [0.2, 0.25) is 0 Å². The highest BCUT2D eigenvalue weighted by molar-refractivity contribution is 5.84. The van der Waals surface area contributed by atoms with Crippen molar-refractivity contribution in [3.8, 4) is 11.4 Å². The van der Waals surface area contributed by atoms with Crippen LogP contribution in [0, 0.1) is 12.7 Å². The Balaban J connectivity index is 1.49. The van der Waals surface area contributed by atoms with Gasteiger partial charge in [-0.15, -0.1) is 0 Å². The molecule has 0 aliphatic rings. The average molecular weight is 388 g/mol. The maximum absolute atomic E-state index is 13.5. The molecule has 0 spiro atoms. The second kappa shape index (κ2) is 7.93. The van der Waals surface area contributed by atoms with Gasteiger partial charge in [-0.1, -0.05) is 42.5 Å². The van der Waals surface area contributed by atoms with Crippen LogP contribution in [0.3, 0.4) is 0 Å². The van der Waals surface area contributed by atoms with Crippen LogP contribution in [-0.4, -0.2) is 26.9 Å². The molecule has 0 amide bonds. The Morgan fingerprint density at radius 3 is 2.62 bits per heavy atom. The summed E-state index contributed by atoms with van der Waals surface area (Å²) in [7, 11) is 2.08. The Hall–Kier alpha value is -3.38. The molecule has 0 unspecified atom stereocenters. The zero-order chi connectivity index (χ0) is 20.4. The zero-order valence-corrected chi connectivity index (χ0v) is 16.3. The highest BCUT2D eigenvalue weighted by Gasteiger charge is 2.10. The van der Waals surface area contributed by atoms with Crippen molar-refractivity contribution in [2.24, 2.45) is 0 Å². The number of rotatable bonds is 5. The molecule has 146 valence electrons. The number of fused-ring (bicyclic) bond motifs is 1. The maximum atomic E-state index is 13.5. The minimum Gasteiger partial charge on any atom is -0.304 e. The van der Waals surface area contributed by atoms with Gasteiger partial charge in [-0.3, -0.25) is 14.7 Å². The molecule has 2 aromatic carbocycles. The van der Waals surface area contributed by atoms with E-state index >= 15 is 0 Å². The number of aromatic nitrogens is 3. The van der Waals surface area contributed by atoms with Gasteiger partial charge in [-0.25, -0.2) is 4.98 Å². The Morgan fingerprint density at radius 1 is 1.07 bits per heavy atom. The van der Waals surface area contributed by atoms with Crippen LogP contribution >= 0.6 is 0 Å². The fourth-order valence-corrected chi connectivity index (χ4v) is 3.46. The molecule has 2 heterocycles. The highest BCUT2D eigenvalue weighted by atomic mass is 19.1. The van der Waals surface area contributed by atoms with Crippen LogP contribution < -0.4 is 5.56 Å². The van der Waals surface area contributed by atoms with E-state index in [1.54, 1.807) is 0 Å². The molecule has 29 heavy (non-hydrogen) atoms. The summed E-state index contributed by atoms with van der Waals surface area (Å²) in [5.74, 6) is -0.464. The van der Waals surface area contributed by atoms with Gasteiger partial charge in [-0.2, -0.15) is 4.39 Å². The molecule has 4 rings (SSSR count). The Kier molecular flexibility index (Phi) is 5.18. The molecule has 0 saturated carbocycles. The number of nitrogens with one attached hydrogen (secondary N) is 1. The number of hydrogen-bond acceptors (Lipinski definition) is 4. The van der Waals surface area contributed by atoms with Crippen LogP contribution in [-0.2, 0) is 13.1 Å². The fraction of sp³-hybridized carbons (Fsp3) is 0.174. The van der Waals surface area contributed by atoms with Gasteiger partial charge in [0.05, 0.1) is 5.69 Å². The second-order valence-electron chi connectivity index (χ2n) is 7.20. The number of benzene rings is 2. The van der Waals surface area contributed by atoms with Gasteiger partial charge in [0, 0.05) is 36.4 Å². The van der Waals surface area contributed by atoms with Crippen molar-refractivity contribution in [2.75, 3.05) is 7.05 Å². The molecule has 2 aromatic heterocycles. The third-order valence-corrected chi connectivity index (χ3v) is 4.92. The number of aromatic amines is 1. The summed E-state index contributed by atoms with van der Waals surface area (Å²) >= 11 is 0. The van der Waals surface area contributed by atoms with E-state index in [9.17, 15) is 9.18 Å². The Labute approximate surface area is 167 Å². The van der Waals surface area contributed by atoms with Gasteiger partial charge in [0.2, 0.25) is 5.82 Å². The molecule has 1 N–H and O–H groups in total. The number of aryl methyl sites for hydroxylation is 1. The van der Waals surface area contributed by atoms with Crippen molar-refractivity contribution < 1.29 is 4.39 Å². The van der Waals surface area contributed by atoms with Crippen molar-refractivity contribution in [3.05, 3.63) is 93.9 Å². The summed E-state index contributed by atoms with van der Waals surface area (Å²) in [6, 6.07) is 16.1. The van der Waals surface area contributed by atoms with Crippen LogP contribution in [0.15, 0.2) is 65.7 Å². The zero-order valence-electron chi connectivity index (χ0n) is 16.3. The summed E-state index contributed by atoms with van der Waals surface area (Å²) in [6.45, 7) is 3.07. The van der Waals surface area contributed by atoms with E-state index in [-0.39, 0.29) is 5.69 Å². The molecule has 0 atom stereocenters. The first kappa shape index (κ1) is 19.0. The molecule has 6 heteroatoms. The first-order chi connectivity index (χ1) is 14.0. The van der Waals surface area contributed by atoms with E-state index in [2.05, 4.69) is 45.1 Å². The molecule has 0 aliphatic carbocycles. The summed E-state index contributed by atoms with van der Waals surface area (Å²) in [4.78, 5) is 24.7. The number of H-pyrrole nitrogens is 1. The van der Waals surface area contributed by atoms with Gasteiger partial charge >= 0.3 is 0 Å². The summed E-state index contributed by atoms with van der Waals surface area (Å²) < 4.78 is 13.5. The molecular weight excluding hydrogens is 367 g/mol. The summed E-state index contributed by atoms with van der Waals surface area (Å²) in [5.41, 5.74) is 2.49. The number of hydrogen-bond donors (Lipinski definition) is 1. The molecule has 0 fully saturated rings. The third kappa shape index (κ3) is 4.07. The Morgan fingerprint density at radius 2 is 1.86 bits per heavy atom. The smallest absolute Gasteiger partial charge is 0.287 e. The molecule has 0 aliphatic heterocycles. The molecule has 5 nitrogen and oxygen atoms in total. The number of nitrogens with zero attached hydrogens (tertiary/aromatic N) is 3. The quantitative estimate of drug-likeness (QED) is 0.560. The topological polar surface area (TPSA) is 61.9 Å². The lowest BCUT2D eigenvalue weighted by Crippen LogP contribution is -2.17. The van der Waals surface area contributed by atoms with Crippen molar-refractivity contribution in [3.63, 3.8) is 0 Å². The molecule has 4 aromatic rings. The van der Waals surface area contributed by atoms with Gasteiger partial charge in [0.25, 0.3) is 5.56 Å². The van der Waals surface area contributed by atoms with Crippen molar-refractivity contribution in [2.45, 2.75) is 20.0 Å². The lowest BCUT2D eigenvalue weighted by atomic mass is 10.1. The van der Waals surface area contributed by atoms with Crippen molar-refractivity contribution >= 4 is 10.8 Å². The minimum absolute atomic E-state index is 0.0952. The third-order valence-electron chi connectivity index (χ3n) is 4.92. The summed E-state index contributed by atoms with van der Waals surface area (Å²) in [5, 5.41) is 2.35. The highest BCUT2D eigenvalue weighted by Crippen LogP contribution is 2.20. The predicted octanol–water partition coefficient (Wildman–Crippen LogP) is 4.06. The monoisotopic (exact) mass is 388 g/mol. The number of pyridine rings is 1. The van der Waals surface area contributed by atoms with Gasteiger partial charge in [0.1, 0.15) is 5.82 Å². The van der Waals surface area contributed by atoms with Gasteiger partial charge in [-0.05, 0) is 36.6 Å². The maximum Gasteiger partial charge on any atom is 0.287 e. The molecule has 0 saturated heterocycles. The van der Waals surface area contributed by atoms with Gasteiger partial charge < -0.3 is 4.98 Å². The van der Waals surface area contributed by atoms with E-state index in [1.165, 1.54) is 17.9 Å². The van der Waals surface area contributed by atoms with Crippen LogP contribution in [0.1, 0.15) is 16.8 Å². The van der Waals surface area contributed by atoms with E-state index in [1.807, 2.05) is 42.7 Å². The van der Waals surface area contributed by atoms with E-state index in [4.69, 9.17) is 0 Å². The largest absolute Gasteiger partial charge is 0.304 e. The van der Waals surface area contributed by atoms with E-state index in [0.29, 0.717) is 5.82 Å².